The Morgan fingerprint density at radius 3 is 1.72 bits per heavy atom. The van der Waals surface area contributed by atoms with Gasteiger partial charge in [-0.2, -0.15) is 0 Å². The minimum absolute atomic E-state index is 0.245. The summed E-state index contributed by atoms with van der Waals surface area (Å²) in [6.45, 7) is 20.4. The third-order valence-corrected chi connectivity index (χ3v) is 10.1. The Balaban J connectivity index is 1.57. The molecule has 1 saturated carbocycles. The van der Waals surface area contributed by atoms with Gasteiger partial charge in [0.25, 0.3) is 0 Å². The van der Waals surface area contributed by atoms with Crippen LogP contribution in [-0.4, -0.2) is 68.6 Å². The van der Waals surface area contributed by atoms with Crippen molar-refractivity contribution in [3.05, 3.63) is 0 Å². The molecule has 0 spiro atoms. The van der Waals surface area contributed by atoms with Crippen LogP contribution in [0.1, 0.15) is 74.1 Å². The van der Waals surface area contributed by atoms with E-state index in [1.807, 2.05) is 0 Å². The fraction of sp³-hybridized carbons (Fsp3) is 1.00. The van der Waals surface area contributed by atoms with Gasteiger partial charge in [-0.25, -0.2) is 0 Å². The molecule has 0 N–H and O–H groups in total. The van der Waals surface area contributed by atoms with E-state index in [-0.39, 0.29) is 11.1 Å². The molecule has 3 nitrogen and oxygen atoms in total. The first kappa shape index (κ1) is 17.0. The van der Waals surface area contributed by atoms with Gasteiger partial charge in [0.05, 0.1) is 0 Å². The molecule has 0 aromatic rings. The summed E-state index contributed by atoms with van der Waals surface area (Å²) in [7, 11) is 0. The molecule has 25 heavy (non-hydrogen) atoms. The van der Waals surface area contributed by atoms with Crippen LogP contribution in [0.25, 0.3) is 0 Å². The Hall–Kier alpha value is -0.120. The highest BCUT2D eigenvalue weighted by Gasteiger charge is 2.62. The van der Waals surface area contributed by atoms with Crippen molar-refractivity contribution in [2.24, 2.45) is 11.8 Å². The molecule has 10 rings (SSSR count). The van der Waals surface area contributed by atoms with Gasteiger partial charge in [0, 0.05) is 53.9 Å². The van der Waals surface area contributed by atoms with Crippen molar-refractivity contribution >= 4 is 0 Å². The number of hydrogen-bond acceptors (Lipinski definition) is 3. The zero-order valence-electron chi connectivity index (χ0n) is 17.5. The first-order valence-corrected chi connectivity index (χ1v) is 10.9. The normalized spacial score (nSPS) is 57.0. The lowest BCUT2D eigenvalue weighted by atomic mass is 9.60. The van der Waals surface area contributed by atoms with Crippen LogP contribution in [0.5, 0.6) is 0 Å². The van der Waals surface area contributed by atoms with E-state index in [4.69, 9.17) is 0 Å². The summed E-state index contributed by atoms with van der Waals surface area (Å²) in [5.74, 6) is 1.73. The maximum Gasteiger partial charge on any atom is 0.0337 e. The molecule has 0 aromatic heterocycles. The molecule has 142 valence electrons. The molecular formula is C22H39N3. The fourth-order valence-electron chi connectivity index (χ4n) is 7.76. The van der Waals surface area contributed by atoms with E-state index >= 15 is 0 Å². The van der Waals surface area contributed by atoms with Crippen LogP contribution >= 0.6 is 0 Å². The summed E-state index contributed by atoms with van der Waals surface area (Å²) in [6, 6.07) is 3.24. The molecule has 0 radical (unpaired) electrons. The van der Waals surface area contributed by atoms with Crippen molar-refractivity contribution in [2.45, 2.75) is 115 Å². The predicted octanol–water partition coefficient (Wildman–Crippen LogP) is 3.58. The lowest BCUT2D eigenvalue weighted by Crippen LogP contribution is -2.82. The van der Waals surface area contributed by atoms with Gasteiger partial charge in [0.15, 0.2) is 0 Å². The minimum Gasteiger partial charge on any atom is -0.293 e. The highest BCUT2D eigenvalue weighted by molar-refractivity contribution is 5.18. The molecule has 9 saturated heterocycles. The van der Waals surface area contributed by atoms with Gasteiger partial charge in [-0.1, -0.05) is 6.92 Å². The summed E-state index contributed by atoms with van der Waals surface area (Å²) >= 11 is 0. The van der Waals surface area contributed by atoms with Crippen LogP contribution in [0.2, 0.25) is 0 Å². The lowest BCUT2D eigenvalue weighted by molar-refractivity contribution is -0.222. The molecule has 9 heterocycles. The molecular weight excluding hydrogens is 306 g/mol. The SMILES string of the molecule is CC1C2CC3CC(C2)N3C(C)(C)C(C)(C)N2CC3CC(C2)N3C1(C)C. The number of nitrogens with zero attached hydrogens (tertiary/aromatic N) is 3. The van der Waals surface area contributed by atoms with Crippen LogP contribution in [-0.2, 0) is 0 Å². The fourth-order valence-corrected chi connectivity index (χ4v) is 7.76. The van der Waals surface area contributed by atoms with Crippen molar-refractivity contribution in [2.75, 3.05) is 13.1 Å². The molecule has 5 atom stereocenters. The monoisotopic (exact) mass is 345 g/mol. The zero-order chi connectivity index (χ0) is 17.9. The van der Waals surface area contributed by atoms with E-state index in [1.165, 1.54) is 38.8 Å². The standard InChI is InChI=1S/C22H39N3/c1-14-15-8-16-10-17(9-15)25(16)22(6,7)21(4,5)23-12-18-11-19(13-23)24(18)20(14,2)3/h14-19H,8-13H2,1-7H3. The maximum absolute atomic E-state index is 2.95. The Kier molecular flexibility index (Phi) is 3.29. The van der Waals surface area contributed by atoms with E-state index in [1.54, 1.807) is 0 Å². The summed E-state index contributed by atoms with van der Waals surface area (Å²) < 4.78 is 0. The number of piperidine rings is 2. The van der Waals surface area contributed by atoms with Crippen LogP contribution in [0, 0.1) is 11.8 Å². The van der Waals surface area contributed by atoms with Gasteiger partial charge < -0.3 is 0 Å². The van der Waals surface area contributed by atoms with Crippen molar-refractivity contribution < 1.29 is 0 Å². The Morgan fingerprint density at radius 2 is 1.16 bits per heavy atom. The molecule has 5 unspecified atom stereocenters. The number of piperazine rings is 1. The van der Waals surface area contributed by atoms with Gasteiger partial charge in [0.2, 0.25) is 0 Å². The van der Waals surface area contributed by atoms with Gasteiger partial charge in [-0.15, -0.1) is 0 Å². The van der Waals surface area contributed by atoms with Crippen molar-refractivity contribution in [3.63, 3.8) is 0 Å². The predicted molar refractivity (Wildman–Crippen MR) is 104 cm³/mol. The first-order valence-electron chi connectivity index (χ1n) is 10.9. The maximum atomic E-state index is 2.95. The summed E-state index contributed by atoms with van der Waals surface area (Å²) in [5, 5.41) is 0. The Morgan fingerprint density at radius 1 is 0.640 bits per heavy atom. The number of rotatable bonds is 0. The summed E-state index contributed by atoms with van der Waals surface area (Å²) in [5.41, 5.74) is 0.866. The Labute approximate surface area is 155 Å². The van der Waals surface area contributed by atoms with E-state index in [2.05, 4.69) is 63.2 Å². The molecule has 9 aliphatic heterocycles. The van der Waals surface area contributed by atoms with Crippen molar-refractivity contribution in [1.29, 1.82) is 0 Å². The third-order valence-electron chi connectivity index (χ3n) is 10.1. The second-order valence-corrected chi connectivity index (χ2v) is 11.6. The smallest absolute Gasteiger partial charge is 0.0337 e. The van der Waals surface area contributed by atoms with Crippen molar-refractivity contribution in [1.82, 2.24) is 14.7 Å². The second-order valence-electron chi connectivity index (χ2n) is 11.6. The first-order chi connectivity index (χ1) is 11.5. The molecule has 8 bridgehead atoms. The average molecular weight is 346 g/mol. The Bertz CT molecular complexity index is 554. The highest BCUT2D eigenvalue weighted by Crippen LogP contribution is 2.55. The quantitative estimate of drug-likeness (QED) is 0.664. The average Bonchev–Trinajstić information content (AvgIpc) is 2.52. The third kappa shape index (κ3) is 1.93. The topological polar surface area (TPSA) is 9.72 Å². The highest BCUT2D eigenvalue weighted by atomic mass is 15.4. The second kappa shape index (κ2) is 4.83. The van der Waals surface area contributed by atoms with Gasteiger partial charge in [0.1, 0.15) is 0 Å². The van der Waals surface area contributed by atoms with E-state index in [0.29, 0.717) is 5.54 Å². The van der Waals surface area contributed by atoms with Crippen LogP contribution in [0.15, 0.2) is 0 Å². The van der Waals surface area contributed by atoms with Crippen molar-refractivity contribution in [3.8, 4) is 0 Å². The van der Waals surface area contributed by atoms with Gasteiger partial charge in [-0.05, 0) is 79.1 Å². The van der Waals surface area contributed by atoms with Crippen LogP contribution in [0.4, 0.5) is 0 Å². The van der Waals surface area contributed by atoms with E-state index in [0.717, 1.165) is 36.0 Å². The molecule has 10 aliphatic rings. The van der Waals surface area contributed by atoms with Gasteiger partial charge in [-0.3, -0.25) is 14.7 Å². The lowest BCUT2D eigenvalue weighted by Gasteiger charge is -2.72. The zero-order valence-corrected chi connectivity index (χ0v) is 17.5. The summed E-state index contributed by atoms with van der Waals surface area (Å²) in [4.78, 5) is 8.75. The summed E-state index contributed by atoms with van der Waals surface area (Å²) in [6.07, 6.45) is 5.76. The molecule has 0 aromatic carbocycles. The van der Waals surface area contributed by atoms with E-state index in [9.17, 15) is 0 Å². The molecule has 3 heteroatoms. The minimum atomic E-state index is 0.245. The van der Waals surface area contributed by atoms with Gasteiger partial charge >= 0.3 is 0 Å². The van der Waals surface area contributed by atoms with Crippen LogP contribution < -0.4 is 0 Å². The molecule has 1 aliphatic carbocycles. The molecule has 0 amide bonds. The number of hydrogen-bond donors (Lipinski definition) is 0. The molecule has 10 fully saturated rings. The largest absolute Gasteiger partial charge is 0.293 e. The van der Waals surface area contributed by atoms with Crippen LogP contribution in [0.3, 0.4) is 0 Å². The van der Waals surface area contributed by atoms with E-state index < -0.39 is 0 Å².